The minimum Gasteiger partial charge on any atom is -0.456 e. The molecule has 0 radical (unpaired) electrons. The Hall–Kier alpha value is -3.01. The van der Waals surface area contributed by atoms with Gasteiger partial charge >= 0.3 is 5.97 Å². The SMILES string of the molecule is CC(OC(=O)C12CC3CC(CC(C3)C1)C2)C(C)(F)F.c1ccc(C(c2ccccc2)c2ccccc2)cc1. The number of alkyl halides is 2. The Morgan fingerprint density at radius 2 is 1.08 bits per heavy atom. The van der Waals surface area contributed by atoms with Crippen LogP contribution in [0.25, 0.3) is 0 Å². The molecule has 1 atom stereocenters. The third-order valence-corrected chi connectivity index (χ3v) is 8.87. The molecule has 4 aliphatic rings. The molecule has 0 aliphatic heterocycles. The molecule has 0 saturated heterocycles. The van der Waals surface area contributed by atoms with Crippen molar-refractivity contribution in [2.75, 3.05) is 0 Å². The molecular formula is C34H38F2O2. The van der Waals surface area contributed by atoms with Gasteiger partial charge in [0.05, 0.1) is 5.41 Å². The Morgan fingerprint density at radius 1 is 0.737 bits per heavy atom. The smallest absolute Gasteiger partial charge is 0.312 e. The van der Waals surface area contributed by atoms with Crippen molar-refractivity contribution in [1.29, 1.82) is 0 Å². The predicted octanol–water partition coefficient (Wildman–Crippen LogP) is 8.66. The average molecular weight is 517 g/mol. The summed E-state index contributed by atoms with van der Waals surface area (Å²) in [6.07, 6.45) is 4.94. The van der Waals surface area contributed by atoms with Gasteiger partial charge in [-0.05, 0) is 79.9 Å². The van der Waals surface area contributed by atoms with Gasteiger partial charge in [-0.3, -0.25) is 4.79 Å². The zero-order chi connectivity index (χ0) is 26.8. The van der Waals surface area contributed by atoms with Crippen LogP contribution >= 0.6 is 0 Å². The maximum atomic E-state index is 13.2. The fourth-order valence-corrected chi connectivity index (χ4v) is 7.26. The normalized spacial score (nSPS) is 26.4. The molecule has 3 aromatic carbocycles. The van der Waals surface area contributed by atoms with E-state index in [9.17, 15) is 13.6 Å². The van der Waals surface area contributed by atoms with Crippen LogP contribution in [0.5, 0.6) is 0 Å². The standard InChI is InChI=1S/C19H16.C15H22F2O2/c1-4-10-16(11-5-1)19(17-12-6-2-7-13-17)18-14-8-3-9-15-18;1-9(14(2,16)17)19-13(18)15-6-10-3-11(7-15)5-12(4-10)8-15/h1-15,19H;9-12H,3-8H2,1-2H3. The minimum atomic E-state index is -2.96. The van der Waals surface area contributed by atoms with Crippen LogP contribution in [0.4, 0.5) is 8.78 Å². The molecule has 1 unspecified atom stereocenters. The lowest BCUT2D eigenvalue weighted by atomic mass is 9.49. The monoisotopic (exact) mass is 516 g/mol. The van der Waals surface area contributed by atoms with Crippen LogP contribution in [0.15, 0.2) is 91.0 Å². The highest BCUT2D eigenvalue weighted by Crippen LogP contribution is 2.60. The topological polar surface area (TPSA) is 26.3 Å². The second kappa shape index (κ2) is 11.0. The van der Waals surface area contributed by atoms with Crippen molar-refractivity contribution < 1.29 is 18.3 Å². The van der Waals surface area contributed by atoms with Gasteiger partial charge < -0.3 is 4.74 Å². The number of carbonyl (C=O) groups is 1. The van der Waals surface area contributed by atoms with Gasteiger partial charge in [-0.25, -0.2) is 8.78 Å². The third kappa shape index (κ3) is 5.85. The minimum absolute atomic E-state index is 0.309. The summed E-state index contributed by atoms with van der Waals surface area (Å²) in [7, 11) is 0. The molecule has 4 saturated carbocycles. The molecular weight excluding hydrogens is 478 g/mol. The van der Waals surface area contributed by atoms with E-state index in [1.165, 1.54) is 42.9 Å². The molecule has 4 bridgehead atoms. The second-order valence-corrected chi connectivity index (χ2v) is 11.9. The van der Waals surface area contributed by atoms with E-state index in [0.29, 0.717) is 23.7 Å². The third-order valence-electron chi connectivity index (χ3n) is 8.87. The fourth-order valence-electron chi connectivity index (χ4n) is 7.26. The molecule has 0 heterocycles. The quantitative estimate of drug-likeness (QED) is 0.242. The van der Waals surface area contributed by atoms with Crippen LogP contribution in [0.3, 0.4) is 0 Å². The summed E-state index contributed by atoms with van der Waals surface area (Å²) in [6, 6.07) is 32.0. The highest BCUT2D eigenvalue weighted by Gasteiger charge is 2.56. The van der Waals surface area contributed by atoms with Gasteiger partial charge in [0.1, 0.15) is 0 Å². The molecule has 200 valence electrons. The summed E-state index contributed by atoms with van der Waals surface area (Å²) in [5.74, 6) is -1.15. The van der Waals surface area contributed by atoms with Crippen LogP contribution in [0.2, 0.25) is 0 Å². The molecule has 2 nitrogen and oxygen atoms in total. The first-order valence-electron chi connectivity index (χ1n) is 14.0. The molecule has 38 heavy (non-hydrogen) atoms. The van der Waals surface area contributed by atoms with E-state index >= 15 is 0 Å². The summed E-state index contributed by atoms with van der Waals surface area (Å²) in [5, 5.41) is 0. The van der Waals surface area contributed by atoms with Crippen LogP contribution in [-0.2, 0) is 9.53 Å². The van der Waals surface area contributed by atoms with Crippen molar-refractivity contribution in [1.82, 2.24) is 0 Å². The zero-order valence-corrected chi connectivity index (χ0v) is 22.4. The summed E-state index contributed by atoms with van der Waals surface area (Å²) in [5.41, 5.74) is 3.56. The maximum Gasteiger partial charge on any atom is 0.312 e. The number of hydrogen-bond acceptors (Lipinski definition) is 2. The molecule has 0 aromatic heterocycles. The van der Waals surface area contributed by atoms with Crippen LogP contribution in [0, 0.1) is 23.2 Å². The number of esters is 1. The molecule has 3 aromatic rings. The zero-order valence-electron chi connectivity index (χ0n) is 22.4. The first-order chi connectivity index (χ1) is 18.2. The van der Waals surface area contributed by atoms with E-state index in [2.05, 4.69) is 91.0 Å². The second-order valence-electron chi connectivity index (χ2n) is 11.9. The Balaban J connectivity index is 0.000000155. The number of ether oxygens (including phenoxy) is 1. The molecule has 4 fully saturated rings. The molecule has 4 aliphatic carbocycles. The lowest BCUT2D eigenvalue weighted by Gasteiger charge is -2.55. The number of carbonyl (C=O) groups excluding carboxylic acids is 1. The van der Waals surface area contributed by atoms with E-state index < -0.39 is 17.4 Å². The first-order valence-corrected chi connectivity index (χ1v) is 14.0. The van der Waals surface area contributed by atoms with Crippen molar-refractivity contribution >= 4 is 5.97 Å². The highest BCUT2D eigenvalue weighted by atomic mass is 19.3. The van der Waals surface area contributed by atoms with Gasteiger partial charge in [0, 0.05) is 12.8 Å². The van der Waals surface area contributed by atoms with E-state index in [-0.39, 0.29) is 5.97 Å². The van der Waals surface area contributed by atoms with Crippen molar-refractivity contribution in [2.24, 2.45) is 23.2 Å². The van der Waals surface area contributed by atoms with Gasteiger partial charge in [0.25, 0.3) is 5.92 Å². The molecule has 0 N–H and O–H groups in total. The van der Waals surface area contributed by atoms with Crippen LogP contribution in [-0.4, -0.2) is 18.0 Å². The largest absolute Gasteiger partial charge is 0.456 e. The Bertz CT molecular complexity index is 1060. The highest BCUT2D eigenvalue weighted by molar-refractivity contribution is 5.77. The van der Waals surface area contributed by atoms with Crippen molar-refractivity contribution in [2.45, 2.75) is 70.3 Å². The maximum absolute atomic E-state index is 13.2. The van der Waals surface area contributed by atoms with Gasteiger partial charge in [0.2, 0.25) is 0 Å². The lowest BCUT2D eigenvalue weighted by Crippen LogP contribution is -2.51. The average Bonchev–Trinajstić information content (AvgIpc) is 2.90. The van der Waals surface area contributed by atoms with Crippen molar-refractivity contribution in [3.8, 4) is 0 Å². The van der Waals surface area contributed by atoms with Gasteiger partial charge in [-0.2, -0.15) is 0 Å². The Morgan fingerprint density at radius 3 is 1.39 bits per heavy atom. The summed E-state index contributed by atoms with van der Waals surface area (Å²) >= 11 is 0. The van der Waals surface area contributed by atoms with Gasteiger partial charge in [-0.1, -0.05) is 91.0 Å². The lowest BCUT2D eigenvalue weighted by molar-refractivity contribution is -0.191. The van der Waals surface area contributed by atoms with Crippen molar-refractivity contribution in [3.63, 3.8) is 0 Å². The predicted molar refractivity (Wildman–Crippen MR) is 147 cm³/mol. The van der Waals surface area contributed by atoms with E-state index in [4.69, 9.17) is 4.74 Å². The summed E-state index contributed by atoms with van der Waals surface area (Å²) < 4.78 is 31.5. The number of hydrogen-bond donors (Lipinski definition) is 0. The van der Waals surface area contributed by atoms with E-state index in [0.717, 1.165) is 26.2 Å². The van der Waals surface area contributed by atoms with Crippen LogP contribution < -0.4 is 0 Å². The van der Waals surface area contributed by atoms with Gasteiger partial charge in [0.15, 0.2) is 6.10 Å². The van der Waals surface area contributed by atoms with E-state index in [1.54, 1.807) is 0 Å². The molecule has 0 spiro atoms. The van der Waals surface area contributed by atoms with Crippen LogP contribution in [0.1, 0.15) is 75.0 Å². The Labute approximate surface area is 225 Å². The van der Waals surface area contributed by atoms with Crippen molar-refractivity contribution in [3.05, 3.63) is 108 Å². The summed E-state index contributed by atoms with van der Waals surface area (Å²) in [6.45, 7) is 2.10. The number of halogens is 2. The fraction of sp³-hybridized carbons (Fsp3) is 0.441. The number of rotatable bonds is 6. The number of benzene rings is 3. The van der Waals surface area contributed by atoms with E-state index in [1.807, 2.05) is 0 Å². The molecule has 0 amide bonds. The van der Waals surface area contributed by atoms with Gasteiger partial charge in [-0.15, -0.1) is 0 Å². The molecule has 4 heteroatoms. The first kappa shape index (κ1) is 26.6. The summed E-state index contributed by atoms with van der Waals surface area (Å²) in [4.78, 5) is 12.4. The Kier molecular flexibility index (Phi) is 7.70. The molecule has 7 rings (SSSR count).